The molecule has 0 saturated carbocycles. The Morgan fingerprint density at radius 3 is 2.62 bits per heavy atom. The smallest absolute Gasteiger partial charge is 0.183 e. The van der Waals surface area contributed by atoms with Gasteiger partial charge in [0.2, 0.25) is 0 Å². The van der Waals surface area contributed by atoms with E-state index in [1.807, 2.05) is 6.92 Å². The highest BCUT2D eigenvalue weighted by atomic mass is 32.1. The summed E-state index contributed by atoms with van der Waals surface area (Å²) in [6, 6.07) is 3.51. The molecule has 2 aromatic rings. The zero-order valence-electron chi connectivity index (χ0n) is 8.84. The van der Waals surface area contributed by atoms with Crippen LogP contribution >= 0.6 is 11.3 Å². The minimum atomic E-state index is -0.587. The van der Waals surface area contributed by atoms with Crippen molar-refractivity contribution in [3.63, 3.8) is 0 Å². The van der Waals surface area contributed by atoms with Crippen molar-refractivity contribution < 1.29 is 8.78 Å². The maximum Gasteiger partial charge on any atom is 0.183 e. The maximum absolute atomic E-state index is 13.5. The Morgan fingerprint density at radius 2 is 2.06 bits per heavy atom. The molecule has 0 aliphatic carbocycles. The van der Waals surface area contributed by atoms with E-state index in [1.54, 1.807) is 7.05 Å². The molecule has 1 N–H and O–H groups in total. The molecule has 0 spiro atoms. The molecule has 2 nitrogen and oxygen atoms in total. The van der Waals surface area contributed by atoms with Gasteiger partial charge in [-0.2, -0.15) is 0 Å². The number of anilines is 1. The van der Waals surface area contributed by atoms with Crippen LogP contribution in [0.1, 0.15) is 4.88 Å². The SMILES string of the molecule is CNc1nc(-c2ccc(F)cc2F)c(C)s1. The van der Waals surface area contributed by atoms with Crippen molar-refractivity contribution in [1.29, 1.82) is 0 Å². The zero-order valence-corrected chi connectivity index (χ0v) is 9.66. The number of hydrogen-bond donors (Lipinski definition) is 1. The van der Waals surface area contributed by atoms with Gasteiger partial charge in [-0.1, -0.05) is 0 Å². The maximum atomic E-state index is 13.5. The monoisotopic (exact) mass is 240 g/mol. The van der Waals surface area contributed by atoms with Gasteiger partial charge < -0.3 is 5.32 Å². The summed E-state index contributed by atoms with van der Waals surface area (Å²) in [5.74, 6) is -1.17. The summed E-state index contributed by atoms with van der Waals surface area (Å²) < 4.78 is 26.3. The molecule has 5 heteroatoms. The average Bonchev–Trinajstić information content (AvgIpc) is 2.60. The largest absolute Gasteiger partial charge is 0.365 e. The minimum Gasteiger partial charge on any atom is -0.365 e. The van der Waals surface area contributed by atoms with Crippen LogP contribution in [0.25, 0.3) is 11.3 Å². The second kappa shape index (κ2) is 4.17. The van der Waals surface area contributed by atoms with Gasteiger partial charge in [0.15, 0.2) is 5.13 Å². The molecule has 84 valence electrons. The highest BCUT2D eigenvalue weighted by Crippen LogP contribution is 2.31. The van der Waals surface area contributed by atoms with E-state index < -0.39 is 11.6 Å². The number of nitrogens with zero attached hydrogens (tertiary/aromatic N) is 1. The summed E-state index contributed by atoms with van der Waals surface area (Å²) in [5.41, 5.74) is 0.892. The summed E-state index contributed by atoms with van der Waals surface area (Å²) >= 11 is 1.44. The van der Waals surface area contributed by atoms with E-state index in [-0.39, 0.29) is 0 Å². The lowest BCUT2D eigenvalue weighted by Crippen LogP contribution is -1.89. The molecule has 1 heterocycles. The highest BCUT2D eigenvalue weighted by molar-refractivity contribution is 7.15. The van der Waals surface area contributed by atoms with Crippen LogP contribution in [0.15, 0.2) is 18.2 Å². The molecule has 0 amide bonds. The van der Waals surface area contributed by atoms with Crippen LogP contribution in [-0.4, -0.2) is 12.0 Å². The average molecular weight is 240 g/mol. The third-order valence-corrected chi connectivity index (χ3v) is 3.19. The van der Waals surface area contributed by atoms with Gasteiger partial charge in [0.05, 0.1) is 5.69 Å². The zero-order chi connectivity index (χ0) is 11.7. The number of rotatable bonds is 2. The molecule has 0 unspecified atom stereocenters. The molecule has 0 bridgehead atoms. The molecule has 0 aliphatic rings. The number of hydrogen-bond acceptors (Lipinski definition) is 3. The number of nitrogens with one attached hydrogen (secondary N) is 1. The van der Waals surface area contributed by atoms with Crippen LogP contribution < -0.4 is 5.32 Å². The van der Waals surface area contributed by atoms with Crippen molar-refractivity contribution in [3.8, 4) is 11.3 Å². The van der Waals surface area contributed by atoms with Crippen LogP contribution in [0.5, 0.6) is 0 Å². The normalized spacial score (nSPS) is 10.5. The van der Waals surface area contributed by atoms with E-state index in [4.69, 9.17) is 0 Å². The Hall–Kier alpha value is -1.49. The molecule has 2 rings (SSSR count). The molecule has 0 radical (unpaired) electrons. The standard InChI is InChI=1S/C11H10F2N2S/c1-6-10(15-11(14-2)16-6)8-4-3-7(12)5-9(8)13/h3-5H,1-2H3,(H,14,15). The summed E-state index contributed by atoms with van der Waals surface area (Å²) in [6.45, 7) is 1.86. The van der Waals surface area contributed by atoms with Crippen LogP contribution in [0.3, 0.4) is 0 Å². The highest BCUT2D eigenvalue weighted by Gasteiger charge is 2.13. The first-order chi connectivity index (χ1) is 7.61. The van der Waals surface area contributed by atoms with Gasteiger partial charge in [-0.15, -0.1) is 11.3 Å². The minimum absolute atomic E-state index is 0.330. The lowest BCUT2D eigenvalue weighted by molar-refractivity contribution is 0.585. The first kappa shape index (κ1) is 11.0. The Morgan fingerprint density at radius 1 is 1.31 bits per heavy atom. The van der Waals surface area contributed by atoms with Gasteiger partial charge >= 0.3 is 0 Å². The van der Waals surface area contributed by atoms with Gasteiger partial charge in [-0.05, 0) is 19.1 Å². The van der Waals surface area contributed by atoms with Crippen LogP contribution in [0.2, 0.25) is 0 Å². The molecular formula is C11H10F2N2S. The van der Waals surface area contributed by atoms with Crippen molar-refractivity contribution in [1.82, 2.24) is 4.98 Å². The fourth-order valence-electron chi connectivity index (χ4n) is 1.43. The lowest BCUT2D eigenvalue weighted by atomic mass is 10.1. The molecule has 0 saturated heterocycles. The summed E-state index contributed by atoms with van der Waals surface area (Å²) in [4.78, 5) is 5.13. The Balaban J connectivity index is 2.53. The summed E-state index contributed by atoms with van der Waals surface area (Å²) in [7, 11) is 1.75. The van der Waals surface area contributed by atoms with E-state index in [9.17, 15) is 8.78 Å². The van der Waals surface area contributed by atoms with Crippen LogP contribution in [0, 0.1) is 18.6 Å². The fraction of sp³-hybridized carbons (Fsp3) is 0.182. The van der Waals surface area contributed by atoms with Crippen LogP contribution in [0.4, 0.5) is 13.9 Å². The van der Waals surface area contributed by atoms with Gasteiger partial charge in [0.1, 0.15) is 11.6 Å². The second-order valence-electron chi connectivity index (χ2n) is 3.30. The predicted molar refractivity (Wildman–Crippen MR) is 61.7 cm³/mol. The lowest BCUT2D eigenvalue weighted by Gasteiger charge is -2.00. The van der Waals surface area contributed by atoms with E-state index in [2.05, 4.69) is 10.3 Å². The molecular weight excluding hydrogens is 230 g/mol. The number of halogens is 2. The summed E-state index contributed by atoms with van der Waals surface area (Å²) in [5, 5.41) is 3.62. The van der Waals surface area contributed by atoms with Crippen molar-refractivity contribution in [2.24, 2.45) is 0 Å². The molecule has 1 aromatic carbocycles. The molecule has 0 atom stereocenters. The molecule has 16 heavy (non-hydrogen) atoms. The number of benzene rings is 1. The van der Waals surface area contributed by atoms with Gasteiger partial charge in [-0.3, -0.25) is 0 Å². The van der Waals surface area contributed by atoms with Gasteiger partial charge in [0.25, 0.3) is 0 Å². The number of thiazole rings is 1. The Bertz CT molecular complexity index is 523. The number of aromatic nitrogens is 1. The van der Waals surface area contributed by atoms with E-state index in [1.165, 1.54) is 23.5 Å². The van der Waals surface area contributed by atoms with Crippen molar-refractivity contribution in [2.45, 2.75) is 6.92 Å². The topological polar surface area (TPSA) is 24.9 Å². The fourth-order valence-corrected chi connectivity index (χ4v) is 2.22. The third kappa shape index (κ3) is 1.90. The summed E-state index contributed by atoms with van der Waals surface area (Å²) in [6.07, 6.45) is 0. The quantitative estimate of drug-likeness (QED) is 0.869. The first-order valence-corrected chi connectivity index (χ1v) is 5.54. The van der Waals surface area contributed by atoms with Crippen molar-refractivity contribution >= 4 is 16.5 Å². The molecule has 1 aromatic heterocycles. The number of aryl methyl sites for hydroxylation is 1. The van der Waals surface area contributed by atoms with E-state index in [0.717, 1.165) is 16.1 Å². The molecule has 0 aliphatic heterocycles. The second-order valence-corrected chi connectivity index (χ2v) is 4.50. The molecule has 0 fully saturated rings. The Kier molecular flexibility index (Phi) is 2.87. The first-order valence-electron chi connectivity index (χ1n) is 4.72. The van der Waals surface area contributed by atoms with Crippen molar-refractivity contribution in [2.75, 3.05) is 12.4 Å². The third-order valence-electron chi connectivity index (χ3n) is 2.20. The van der Waals surface area contributed by atoms with Gasteiger partial charge in [0, 0.05) is 23.6 Å². The Labute approximate surface area is 96.0 Å². The predicted octanol–water partition coefficient (Wildman–Crippen LogP) is 3.44. The van der Waals surface area contributed by atoms with Gasteiger partial charge in [-0.25, -0.2) is 13.8 Å². The van der Waals surface area contributed by atoms with Crippen molar-refractivity contribution in [3.05, 3.63) is 34.7 Å². The van der Waals surface area contributed by atoms with Crippen LogP contribution in [-0.2, 0) is 0 Å². The van der Waals surface area contributed by atoms with E-state index >= 15 is 0 Å². The van der Waals surface area contributed by atoms with E-state index in [0.29, 0.717) is 11.3 Å².